The zero-order chi connectivity index (χ0) is 20.5. The van der Waals surface area contributed by atoms with Crippen molar-refractivity contribution in [2.75, 3.05) is 14.2 Å². The van der Waals surface area contributed by atoms with Crippen molar-refractivity contribution in [3.05, 3.63) is 24.1 Å². The van der Waals surface area contributed by atoms with E-state index in [4.69, 9.17) is 14.0 Å². The summed E-state index contributed by atoms with van der Waals surface area (Å²) in [5.41, 5.74) is -0.258. The molecule has 1 aliphatic rings. The van der Waals surface area contributed by atoms with Crippen molar-refractivity contribution in [1.82, 2.24) is 20.4 Å². The van der Waals surface area contributed by atoms with Gasteiger partial charge in [-0.3, -0.25) is 9.69 Å². The Labute approximate surface area is 163 Å². The average molecular weight is 388 g/mol. The number of rotatable bonds is 7. The Morgan fingerprint density at radius 1 is 1.21 bits per heavy atom. The fourth-order valence-electron chi connectivity index (χ4n) is 3.39. The van der Waals surface area contributed by atoms with Gasteiger partial charge in [0, 0.05) is 5.56 Å². The van der Waals surface area contributed by atoms with E-state index in [1.807, 2.05) is 13.8 Å². The van der Waals surface area contributed by atoms with Crippen molar-refractivity contribution in [2.24, 2.45) is 5.92 Å². The van der Waals surface area contributed by atoms with Gasteiger partial charge < -0.3 is 19.3 Å². The molecule has 0 unspecified atom stereocenters. The van der Waals surface area contributed by atoms with Gasteiger partial charge in [-0.15, -0.1) is 0 Å². The van der Waals surface area contributed by atoms with Crippen LogP contribution >= 0.6 is 0 Å². The zero-order valence-electron chi connectivity index (χ0n) is 16.6. The second-order valence-corrected chi connectivity index (χ2v) is 7.33. The lowest BCUT2D eigenvalue weighted by molar-refractivity contribution is -0.131. The van der Waals surface area contributed by atoms with E-state index in [1.54, 1.807) is 32.2 Å². The lowest BCUT2D eigenvalue weighted by atomic mass is 9.91. The van der Waals surface area contributed by atoms with Crippen LogP contribution in [0.4, 0.5) is 4.79 Å². The number of benzene rings is 1. The fourth-order valence-corrected chi connectivity index (χ4v) is 3.39. The van der Waals surface area contributed by atoms with Gasteiger partial charge in [0.1, 0.15) is 12.1 Å². The van der Waals surface area contributed by atoms with Crippen molar-refractivity contribution in [3.8, 4) is 22.9 Å². The highest BCUT2D eigenvalue weighted by molar-refractivity contribution is 6.06. The highest BCUT2D eigenvalue weighted by Crippen LogP contribution is 2.31. The largest absolute Gasteiger partial charge is 0.493 e. The molecule has 1 fully saturated rings. The van der Waals surface area contributed by atoms with Crippen LogP contribution in [0.25, 0.3) is 11.4 Å². The third kappa shape index (κ3) is 3.64. The topological polar surface area (TPSA) is 107 Å². The number of ether oxygens (including phenoxy) is 2. The molecule has 1 aliphatic heterocycles. The SMILES string of the molecule is COc1ccc(-c2noc(CN3C(=O)N[C@](C)(CC(C)C)C3=O)n2)cc1OC. The quantitative estimate of drug-likeness (QED) is 0.727. The van der Waals surface area contributed by atoms with Crippen LogP contribution in [-0.2, 0) is 11.3 Å². The summed E-state index contributed by atoms with van der Waals surface area (Å²) in [7, 11) is 3.09. The maximum Gasteiger partial charge on any atom is 0.325 e. The molecule has 1 aromatic carbocycles. The van der Waals surface area contributed by atoms with Crippen molar-refractivity contribution < 1.29 is 23.6 Å². The number of nitrogens with zero attached hydrogens (tertiary/aromatic N) is 3. The van der Waals surface area contributed by atoms with Crippen LogP contribution < -0.4 is 14.8 Å². The summed E-state index contributed by atoms with van der Waals surface area (Å²) < 4.78 is 15.7. The van der Waals surface area contributed by atoms with Crippen molar-refractivity contribution in [1.29, 1.82) is 0 Å². The molecule has 0 radical (unpaired) electrons. The van der Waals surface area contributed by atoms with Gasteiger partial charge in [0.25, 0.3) is 5.91 Å². The summed E-state index contributed by atoms with van der Waals surface area (Å²) >= 11 is 0. The molecule has 9 heteroatoms. The standard InChI is InChI=1S/C19H24N4O5/c1-11(2)9-19(3)17(24)23(18(25)21-19)10-15-20-16(22-28-15)12-6-7-13(26-4)14(8-12)27-5/h6-8,11H,9-10H2,1-5H3,(H,21,25)/t19-/m1/s1. The third-order valence-corrected chi connectivity index (χ3v) is 4.56. The van der Waals surface area contributed by atoms with E-state index in [2.05, 4.69) is 15.5 Å². The molecule has 0 spiro atoms. The van der Waals surface area contributed by atoms with Crippen LogP contribution in [0.3, 0.4) is 0 Å². The molecule has 3 amide bonds. The Morgan fingerprint density at radius 2 is 1.93 bits per heavy atom. The highest BCUT2D eigenvalue weighted by atomic mass is 16.5. The van der Waals surface area contributed by atoms with Crippen LogP contribution in [0.15, 0.2) is 22.7 Å². The number of hydrogen-bond acceptors (Lipinski definition) is 7. The van der Waals surface area contributed by atoms with Crippen LogP contribution in [0.5, 0.6) is 11.5 Å². The molecule has 0 bridgehead atoms. The number of amides is 3. The van der Waals surface area contributed by atoms with Crippen LogP contribution in [0.1, 0.15) is 33.1 Å². The molecule has 0 aliphatic carbocycles. The minimum absolute atomic E-state index is 0.0847. The monoisotopic (exact) mass is 388 g/mol. The van der Waals surface area contributed by atoms with Crippen molar-refractivity contribution >= 4 is 11.9 Å². The zero-order valence-corrected chi connectivity index (χ0v) is 16.6. The lowest BCUT2D eigenvalue weighted by Crippen LogP contribution is -2.44. The molecule has 2 heterocycles. The van der Waals surface area contributed by atoms with E-state index in [0.29, 0.717) is 29.3 Å². The third-order valence-electron chi connectivity index (χ3n) is 4.56. The first-order valence-corrected chi connectivity index (χ1v) is 8.96. The number of imide groups is 1. The number of nitrogens with one attached hydrogen (secondary N) is 1. The predicted molar refractivity (Wildman–Crippen MR) is 99.8 cm³/mol. The summed E-state index contributed by atoms with van der Waals surface area (Å²) in [5.74, 6) is 1.57. The summed E-state index contributed by atoms with van der Waals surface area (Å²) in [6.45, 7) is 5.65. The van der Waals surface area contributed by atoms with Gasteiger partial charge in [0.15, 0.2) is 11.5 Å². The molecule has 1 N–H and O–H groups in total. The van der Waals surface area contributed by atoms with E-state index in [0.717, 1.165) is 4.90 Å². The smallest absolute Gasteiger partial charge is 0.325 e. The molecule has 2 aromatic rings. The molecule has 0 saturated carbocycles. The summed E-state index contributed by atoms with van der Waals surface area (Å²) in [5, 5.41) is 6.71. The molecule has 1 saturated heterocycles. The van der Waals surface area contributed by atoms with Gasteiger partial charge >= 0.3 is 6.03 Å². The lowest BCUT2D eigenvalue weighted by Gasteiger charge is -2.23. The molecule has 28 heavy (non-hydrogen) atoms. The number of methoxy groups -OCH3 is 2. The summed E-state index contributed by atoms with van der Waals surface area (Å²) in [4.78, 5) is 30.4. The predicted octanol–water partition coefficient (Wildman–Crippen LogP) is 2.61. The minimum Gasteiger partial charge on any atom is -0.493 e. The Morgan fingerprint density at radius 3 is 2.57 bits per heavy atom. The van der Waals surface area contributed by atoms with E-state index in [-0.39, 0.29) is 24.3 Å². The number of carbonyl (C=O) groups excluding carboxylic acids is 2. The Bertz CT molecular complexity index is 894. The summed E-state index contributed by atoms with van der Waals surface area (Å²) in [6, 6.07) is 4.77. The maximum absolute atomic E-state index is 12.7. The molecule has 1 atom stereocenters. The van der Waals surface area contributed by atoms with Crippen molar-refractivity contribution in [2.45, 2.75) is 39.3 Å². The first kappa shape index (κ1) is 19.7. The number of aromatic nitrogens is 2. The van der Waals surface area contributed by atoms with Gasteiger partial charge in [-0.2, -0.15) is 4.98 Å². The molecule has 3 rings (SSSR count). The normalized spacial score (nSPS) is 19.3. The molecule has 9 nitrogen and oxygen atoms in total. The van der Waals surface area contributed by atoms with Gasteiger partial charge in [0.05, 0.1) is 14.2 Å². The summed E-state index contributed by atoms with van der Waals surface area (Å²) in [6.07, 6.45) is 0.550. The Kier molecular flexibility index (Phi) is 5.26. The van der Waals surface area contributed by atoms with Crippen molar-refractivity contribution in [3.63, 3.8) is 0 Å². The van der Waals surface area contributed by atoms with Crippen LogP contribution in [0.2, 0.25) is 0 Å². The van der Waals surface area contributed by atoms with E-state index < -0.39 is 11.6 Å². The van der Waals surface area contributed by atoms with Gasteiger partial charge in [-0.25, -0.2) is 4.79 Å². The number of urea groups is 1. The van der Waals surface area contributed by atoms with Crippen LogP contribution in [-0.4, -0.2) is 46.7 Å². The van der Waals surface area contributed by atoms with Gasteiger partial charge in [-0.05, 0) is 37.5 Å². The van der Waals surface area contributed by atoms with Gasteiger partial charge in [0.2, 0.25) is 11.7 Å². The fraction of sp³-hybridized carbons (Fsp3) is 0.474. The van der Waals surface area contributed by atoms with Crippen LogP contribution in [0, 0.1) is 5.92 Å². The molecule has 150 valence electrons. The Hall–Kier alpha value is -3.10. The second kappa shape index (κ2) is 7.49. The van der Waals surface area contributed by atoms with Gasteiger partial charge in [-0.1, -0.05) is 19.0 Å². The molecule has 1 aromatic heterocycles. The van der Waals surface area contributed by atoms with E-state index in [1.165, 1.54) is 7.11 Å². The average Bonchev–Trinajstić information content (AvgIpc) is 3.19. The Balaban J connectivity index is 1.78. The minimum atomic E-state index is -0.919. The number of hydrogen-bond donors (Lipinski definition) is 1. The van der Waals surface area contributed by atoms with E-state index >= 15 is 0 Å². The molecular weight excluding hydrogens is 364 g/mol. The molecular formula is C19H24N4O5. The second-order valence-electron chi connectivity index (χ2n) is 7.33. The first-order valence-electron chi connectivity index (χ1n) is 8.96. The maximum atomic E-state index is 12.7. The first-order chi connectivity index (χ1) is 13.3. The number of carbonyl (C=O) groups is 2. The highest BCUT2D eigenvalue weighted by Gasteiger charge is 2.48. The van der Waals surface area contributed by atoms with E-state index in [9.17, 15) is 9.59 Å².